The van der Waals surface area contributed by atoms with Crippen LogP contribution in [0.15, 0.2) is 12.2 Å². The van der Waals surface area contributed by atoms with Crippen molar-refractivity contribution in [1.82, 2.24) is 0 Å². The van der Waals surface area contributed by atoms with Crippen LogP contribution in [-0.2, 0) is 4.79 Å². The van der Waals surface area contributed by atoms with Crippen molar-refractivity contribution in [1.29, 1.82) is 0 Å². The van der Waals surface area contributed by atoms with Crippen molar-refractivity contribution in [3.63, 3.8) is 0 Å². The van der Waals surface area contributed by atoms with Crippen LogP contribution in [-0.4, -0.2) is 5.97 Å². The molecule has 2 nitrogen and oxygen atoms in total. The molecule has 0 aromatic carbocycles. The topological polar surface area (TPSA) is 40.1 Å². The van der Waals surface area contributed by atoms with Crippen molar-refractivity contribution in [3.05, 3.63) is 12.2 Å². The van der Waals surface area contributed by atoms with E-state index in [4.69, 9.17) is 0 Å². The molecule has 0 amide bonds. The van der Waals surface area contributed by atoms with Crippen molar-refractivity contribution in [2.45, 2.75) is 58.3 Å². The molecule has 0 N–H and O–H groups in total. The molecule has 0 aliphatic rings. The Morgan fingerprint density at radius 3 is 2.36 bits per heavy atom. The number of hydrogen-bond acceptors (Lipinski definition) is 2. The van der Waals surface area contributed by atoms with Gasteiger partial charge in [0.05, 0.1) is 0 Å². The summed E-state index contributed by atoms with van der Waals surface area (Å²) in [5, 5.41) is 10.1. The van der Waals surface area contributed by atoms with Crippen LogP contribution in [0.2, 0.25) is 0 Å². The lowest BCUT2D eigenvalue weighted by atomic mass is 10.1. The highest BCUT2D eigenvalue weighted by Crippen LogP contribution is 2.05. The molecular formula is C12H21O2-. The first kappa shape index (κ1) is 13.2. The van der Waals surface area contributed by atoms with Gasteiger partial charge in [-0.2, -0.15) is 0 Å². The molecule has 0 bridgehead atoms. The number of carbonyl (C=O) groups excluding carboxylic acids is 1. The number of carboxylic acids is 1. The van der Waals surface area contributed by atoms with Gasteiger partial charge in [0.25, 0.3) is 0 Å². The van der Waals surface area contributed by atoms with Crippen molar-refractivity contribution in [3.8, 4) is 0 Å². The van der Waals surface area contributed by atoms with Crippen LogP contribution in [0.5, 0.6) is 0 Å². The predicted molar refractivity (Wildman–Crippen MR) is 56.8 cm³/mol. The van der Waals surface area contributed by atoms with E-state index in [0.29, 0.717) is 6.42 Å². The standard InChI is InChI=1S/C12H22O2/c1-2-3-4-5-6-7-8-9-10-11-12(13)14/h8-9H,2-7,10-11H2,1H3,(H,13,14)/p-1/b9-8+. The van der Waals surface area contributed by atoms with Crippen LogP contribution < -0.4 is 5.11 Å². The molecule has 0 fully saturated rings. The predicted octanol–water partition coefficient (Wildman–Crippen LogP) is 2.43. The maximum Gasteiger partial charge on any atom is 0.0417 e. The Morgan fingerprint density at radius 2 is 1.71 bits per heavy atom. The van der Waals surface area contributed by atoms with Crippen LogP contribution in [0.25, 0.3) is 0 Å². The third-order valence-corrected chi connectivity index (χ3v) is 2.16. The maximum absolute atomic E-state index is 10.1. The van der Waals surface area contributed by atoms with E-state index >= 15 is 0 Å². The summed E-state index contributed by atoms with van der Waals surface area (Å²) in [5.41, 5.74) is 0. The smallest absolute Gasteiger partial charge is 0.0417 e. The van der Waals surface area contributed by atoms with Crippen molar-refractivity contribution >= 4 is 5.97 Å². The Hall–Kier alpha value is -0.790. The summed E-state index contributed by atoms with van der Waals surface area (Å²) in [6, 6.07) is 0. The third-order valence-electron chi connectivity index (χ3n) is 2.16. The molecule has 0 heterocycles. The largest absolute Gasteiger partial charge is 0.550 e. The first-order chi connectivity index (χ1) is 6.77. The fraction of sp³-hybridized carbons (Fsp3) is 0.750. The van der Waals surface area contributed by atoms with Crippen molar-refractivity contribution < 1.29 is 9.90 Å². The molecule has 0 rings (SSSR count). The van der Waals surface area contributed by atoms with E-state index in [9.17, 15) is 9.90 Å². The second-order valence-corrected chi connectivity index (χ2v) is 3.58. The Balaban J connectivity index is 3.07. The second kappa shape index (κ2) is 10.3. The number of rotatable bonds is 9. The number of carboxylic acid groups (broad SMARTS) is 1. The van der Waals surface area contributed by atoms with Crippen LogP contribution in [0.1, 0.15) is 58.3 Å². The van der Waals surface area contributed by atoms with Gasteiger partial charge in [-0.15, -0.1) is 0 Å². The van der Waals surface area contributed by atoms with E-state index in [-0.39, 0.29) is 6.42 Å². The third kappa shape index (κ3) is 11.2. The lowest BCUT2D eigenvalue weighted by Crippen LogP contribution is -2.21. The Morgan fingerprint density at radius 1 is 1.07 bits per heavy atom. The molecule has 0 spiro atoms. The molecule has 0 saturated heterocycles. The maximum atomic E-state index is 10.1. The van der Waals surface area contributed by atoms with Gasteiger partial charge in [-0.05, 0) is 25.7 Å². The quantitative estimate of drug-likeness (QED) is 0.420. The fourth-order valence-electron chi connectivity index (χ4n) is 1.30. The van der Waals surface area contributed by atoms with Crippen LogP contribution >= 0.6 is 0 Å². The zero-order valence-corrected chi connectivity index (χ0v) is 9.13. The Bertz CT molecular complexity index is 162. The minimum atomic E-state index is -0.961. The van der Waals surface area contributed by atoms with Gasteiger partial charge in [-0.25, -0.2) is 0 Å². The molecule has 2 heteroatoms. The van der Waals surface area contributed by atoms with E-state index < -0.39 is 5.97 Å². The second-order valence-electron chi connectivity index (χ2n) is 3.58. The summed E-state index contributed by atoms with van der Waals surface area (Å²) in [7, 11) is 0. The summed E-state index contributed by atoms with van der Waals surface area (Å²) in [6.45, 7) is 2.21. The number of aliphatic carboxylic acids is 1. The van der Waals surface area contributed by atoms with Gasteiger partial charge in [0.15, 0.2) is 0 Å². The van der Waals surface area contributed by atoms with Crippen molar-refractivity contribution in [2.24, 2.45) is 0 Å². The number of carbonyl (C=O) groups is 1. The van der Waals surface area contributed by atoms with E-state index in [0.717, 1.165) is 6.42 Å². The van der Waals surface area contributed by atoms with Gasteiger partial charge in [0, 0.05) is 5.97 Å². The van der Waals surface area contributed by atoms with E-state index in [1.54, 1.807) is 0 Å². The van der Waals surface area contributed by atoms with E-state index in [1.165, 1.54) is 32.1 Å². The average molecular weight is 197 g/mol. The van der Waals surface area contributed by atoms with Crippen LogP contribution in [0.4, 0.5) is 0 Å². The minimum absolute atomic E-state index is 0.145. The highest BCUT2D eigenvalue weighted by atomic mass is 16.4. The lowest BCUT2D eigenvalue weighted by Gasteiger charge is -1.97. The molecule has 0 aliphatic heterocycles. The van der Waals surface area contributed by atoms with Crippen LogP contribution in [0.3, 0.4) is 0 Å². The van der Waals surface area contributed by atoms with Crippen molar-refractivity contribution in [2.75, 3.05) is 0 Å². The van der Waals surface area contributed by atoms with Gasteiger partial charge in [0.2, 0.25) is 0 Å². The molecule has 82 valence electrons. The number of unbranched alkanes of at least 4 members (excludes halogenated alkanes) is 5. The lowest BCUT2D eigenvalue weighted by molar-refractivity contribution is -0.305. The summed E-state index contributed by atoms with van der Waals surface area (Å²) < 4.78 is 0. The summed E-state index contributed by atoms with van der Waals surface area (Å²) in [4.78, 5) is 10.1. The normalized spacial score (nSPS) is 10.9. The van der Waals surface area contributed by atoms with Gasteiger partial charge >= 0.3 is 0 Å². The molecule has 0 aromatic heterocycles. The van der Waals surface area contributed by atoms with Gasteiger partial charge in [0.1, 0.15) is 0 Å². The highest BCUT2D eigenvalue weighted by Gasteiger charge is 1.86. The molecule has 0 aliphatic carbocycles. The van der Waals surface area contributed by atoms with Gasteiger partial charge in [-0.3, -0.25) is 0 Å². The van der Waals surface area contributed by atoms with E-state index in [2.05, 4.69) is 13.0 Å². The number of hydrogen-bond donors (Lipinski definition) is 0. The molecule has 0 unspecified atom stereocenters. The van der Waals surface area contributed by atoms with Gasteiger partial charge < -0.3 is 9.90 Å². The van der Waals surface area contributed by atoms with Crippen LogP contribution in [0, 0.1) is 0 Å². The Kier molecular flexibility index (Phi) is 9.71. The van der Waals surface area contributed by atoms with Gasteiger partial charge in [-0.1, -0.05) is 44.8 Å². The fourth-order valence-corrected chi connectivity index (χ4v) is 1.30. The molecular weight excluding hydrogens is 176 g/mol. The average Bonchev–Trinajstić information content (AvgIpc) is 2.15. The summed E-state index contributed by atoms with van der Waals surface area (Å²) in [5.74, 6) is -0.961. The SMILES string of the molecule is CCCCCCC/C=C/CCC(=O)[O-]. The minimum Gasteiger partial charge on any atom is -0.550 e. The number of allylic oxidation sites excluding steroid dienone is 2. The summed E-state index contributed by atoms with van der Waals surface area (Å²) in [6.07, 6.45) is 12.3. The zero-order valence-electron chi connectivity index (χ0n) is 9.13. The summed E-state index contributed by atoms with van der Waals surface area (Å²) >= 11 is 0. The monoisotopic (exact) mass is 197 g/mol. The molecule has 0 atom stereocenters. The molecule has 0 saturated carbocycles. The first-order valence-corrected chi connectivity index (χ1v) is 5.62. The zero-order chi connectivity index (χ0) is 10.6. The van der Waals surface area contributed by atoms with E-state index in [1.807, 2.05) is 6.08 Å². The molecule has 0 radical (unpaired) electrons. The molecule has 14 heavy (non-hydrogen) atoms. The highest BCUT2D eigenvalue weighted by molar-refractivity contribution is 5.64. The molecule has 0 aromatic rings. The first-order valence-electron chi connectivity index (χ1n) is 5.62. The Labute approximate surface area is 87.0 Å².